The quantitative estimate of drug-likeness (QED) is 0.594. The molecule has 6 heteroatoms. The van der Waals surface area contributed by atoms with Gasteiger partial charge in [-0.15, -0.1) is 0 Å². The van der Waals surface area contributed by atoms with Crippen LogP contribution in [0.5, 0.6) is 0 Å². The Hall–Kier alpha value is 0.470. The second-order valence-corrected chi connectivity index (χ2v) is 3.84. The van der Waals surface area contributed by atoms with Gasteiger partial charge in [-0.2, -0.15) is 13.2 Å². The van der Waals surface area contributed by atoms with Crippen LogP contribution in [0, 0.1) is 0 Å². The number of hydrogen-bond acceptors (Lipinski definition) is 1. The third-order valence-corrected chi connectivity index (χ3v) is 1.18. The Morgan fingerprint density at radius 1 is 1.56 bits per heavy atom. The SMILES string of the molecule is CP(Cl)OCC(F)(F)F. The topological polar surface area (TPSA) is 9.23 Å². The summed E-state index contributed by atoms with van der Waals surface area (Å²) in [5.74, 6) is 0. The highest BCUT2D eigenvalue weighted by Crippen LogP contribution is 2.39. The van der Waals surface area contributed by atoms with Gasteiger partial charge in [0.15, 0.2) is 0 Å². The van der Waals surface area contributed by atoms with Gasteiger partial charge in [0, 0.05) is 0 Å². The lowest BCUT2D eigenvalue weighted by molar-refractivity contribution is -0.151. The molecular formula is C3H5ClF3OP. The van der Waals surface area contributed by atoms with Gasteiger partial charge in [-0.25, -0.2) is 0 Å². The van der Waals surface area contributed by atoms with Crippen molar-refractivity contribution in [1.29, 1.82) is 0 Å². The predicted octanol–water partition coefficient (Wildman–Crippen LogP) is 2.75. The number of hydrogen-bond donors (Lipinski definition) is 0. The number of alkyl halides is 3. The van der Waals surface area contributed by atoms with Crippen molar-refractivity contribution in [3.63, 3.8) is 0 Å². The van der Waals surface area contributed by atoms with E-state index in [4.69, 9.17) is 11.2 Å². The van der Waals surface area contributed by atoms with Crippen molar-refractivity contribution in [1.82, 2.24) is 0 Å². The Kier molecular flexibility index (Phi) is 3.78. The molecule has 0 aromatic carbocycles. The van der Waals surface area contributed by atoms with E-state index in [-0.39, 0.29) is 0 Å². The Morgan fingerprint density at radius 3 is 2.11 bits per heavy atom. The van der Waals surface area contributed by atoms with Gasteiger partial charge in [-0.1, -0.05) is 11.2 Å². The van der Waals surface area contributed by atoms with Crippen molar-refractivity contribution in [2.24, 2.45) is 0 Å². The summed E-state index contributed by atoms with van der Waals surface area (Å²) < 4.78 is 37.8. The molecule has 0 radical (unpaired) electrons. The summed E-state index contributed by atoms with van der Waals surface area (Å²) >= 11 is 5.13. The van der Waals surface area contributed by atoms with Gasteiger partial charge in [0.05, 0.1) is 0 Å². The molecule has 0 amide bonds. The van der Waals surface area contributed by atoms with Gasteiger partial charge in [0.25, 0.3) is 0 Å². The third kappa shape index (κ3) is 8.47. The van der Waals surface area contributed by atoms with E-state index in [0.717, 1.165) is 0 Å². The van der Waals surface area contributed by atoms with Crippen LogP contribution < -0.4 is 0 Å². The zero-order chi connectivity index (χ0) is 7.49. The average molecular weight is 180 g/mol. The molecule has 0 saturated heterocycles. The lowest BCUT2D eigenvalue weighted by atomic mass is 10.7. The lowest BCUT2D eigenvalue weighted by Crippen LogP contribution is -2.14. The second-order valence-electron chi connectivity index (χ2n) is 1.31. The highest BCUT2D eigenvalue weighted by Gasteiger charge is 2.28. The zero-order valence-electron chi connectivity index (χ0n) is 4.57. The summed E-state index contributed by atoms with van der Waals surface area (Å²) in [6.45, 7) is 0.140. The predicted molar refractivity (Wildman–Crippen MR) is 30.7 cm³/mol. The van der Waals surface area contributed by atoms with Gasteiger partial charge in [-0.3, -0.25) is 0 Å². The van der Waals surface area contributed by atoms with Crippen LogP contribution in [0.4, 0.5) is 13.2 Å². The maximum atomic E-state index is 11.2. The normalized spacial score (nSPS) is 15.7. The maximum Gasteiger partial charge on any atom is 0.412 e. The van der Waals surface area contributed by atoms with E-state index in [1.165, 1.54) is 6.66 Å². The van der Waals surface area contributed by atoms with Crippen molar-refractivity contribution in [3.8, 4) is 0 Å². The maximum absolute atomic E-state index is 11.2. The molecule has 1 atom stereocenters. The van der Waals surface area contributed by atoms with Crippen LogP contribution in [-0.2, 0) is 4.52 Å². The fraction of sp³-hybridized carbons (Fsp3) is 1.00. The molecule has 1 unspecified atom stereocenters. The molecule has 0 N–H and O–H groups in total. The van der Waals surface area contributed by atoms with Crippen molar-refractivity contribution < 1.29 is 17.7 Å². The molecule has 1 nitrogen and oxygen atoms in total. The minimum absolute atomic E-state index is 1.25. The first-order valence-corrected chi connectivity index (χ1v) is 4.62. The second kappa shape index (κ2) is 3.59. The highest BCUT2D eigenvalue weighted by atomic mass is 35.7. The zero-order valence-corrected chi connectivity index (χ0v) is 6.22. The molecule has 0 fully saturated rings. The van der Waals surface area contributed by atoms with Crippen LogP contribution in [-0.4, -0.2) is 19.4 Å². The molecule has 9 heavy (non-hydrogen) atoms. The Morgan fingerprint density at radius 2 is 2.00 bits per heavy atom. The summed E-state index contributed by atoms with van der Waals surface area (Å²) in [5, 5.41) is 0. The Balaban J connectivity index is 3.28. The molecule has 0 saturated carbocycles. The highest BCUT2D eigenvalue weighted by molar-refractivity contribution is 7.79. The standard InChI is InChI=1S/C3H5ClF3OP/c1-9(4)8-2-3(5,6)7/h2H2,1H3. The first kappa shape index (κ1) is 9.47. The lowest BCUT2D eigenvalue weighted by Gasteiger charge is -2.07. The molecule has 0 aromatic heterocycles. The molecule has 0 heterocycles. The Bertz CT molecular complexity index is 83.6. The molecule has 0 aromatic rings. The van der Waals surface area contributed by atoms with Crippen LogP contribution in [0.3, 0.4) is 0 Å². The van der Waals surface area contributed by atoms with E-state index < -0.39 is 20.3 Å². The molecular weight excluding hydrogens is 175 g/mol. The monoisotopic (exact) mass is 180 g/mol. The van der Waals surface area contributed by atoms with Crippen LogP contribution in [0.1, 0.15) is 0 Å². The van der Waals surface area contributed by atoms with E-state index in [1.54, 1.807) is 0 Å². The minimum atomic E-state index is -4.26. The van der Waals surface area contributed by atoms with Crippen molar-refractivity contribution >= 4 is 18.7 Å². The summed E-state index contributed by atoms with van der Waals surface area (Å²) in [5.41, 5.74) is 0. The third-order valence-electron chi connectivity index (χ3n) is 0.406. The van der Waals surface area contributed by atoms with Gasteiger partial charge in [0.2, 0.25) is 0 Å². The molecule has 0 aliphatic rings. The van der Waals surface area contributed by atoms with Crippen LogP contribution in [0.25, 0.3) is 0 Å². The summed E-state index contributed by atoms with van der Waals surface area (Å²) in [6, 6.07) is 0. The van der Waals surface area contributed by atoms with E-state index in [2.05, 4.69) is 4.52 Å². The van der Waals surface area contributed by atoms with Crippen molar-refractivity contribution in [3.05, 3.63) is 0 Å². The van der Waals surface area contributed by atoms with E-state index in [0.29, 0.717) is 0 Å². The smallest absolute Gasteiger partial charge is 0.334 e. The summed E-state index contributed by atoms with van der Waals surface area (Å²) in [6.07, 6.45) is -4.26. The fourth-order valence-electron chi connectivity index (χ4n) is 0.162. The molecule has 56 valence electrons. The van der Waals surface area contributed by atoms with Crippen LogP contribution in [0.15, 0.2) is 0 Å². The average Bonchev–Trinajstić information content (AvgIpc) is 1.59. The fourth-order valence-corrected chi connectivity index (χ4v) is 0.633. The van der Waals surface area contributed by atoms with Crippen LogP contribution >= 0.6 is 18.7 Å². The first-order chi connectivity index (χ1) is 3.92. The number of rotatable bonds is 2. The summed E-state index contributed by atoms with van der Waals surface area (Å²) in [4.78, 5) is 0. The molecule has 0 aliphatic heterocycles. The van der Waals surface area contributed by atoms with E-state index >= 15 is 0 Å². The van der Waals surface area contributed by atoms with Gasteiger partial charge < -0.3 is 4.52 Å². The van der Waals surface area contributed by atoms with Crippen LogP contribution in [0.2, 0.25) is 0 Å². The molecule has 0 rings (SSSR count). The summed E-state index contributed by atoms with van der Waals surface area (Å²) in [7, 11) is -1.41. The van der Waals surface area contributed by atoms with Gasteiger partial charge in [0.1, 0.15) is 14.1 Å². The van der Waals surface area contributed by atoms with Crippen molar-refractivity contribution in [2.45, 2.75) is 6.18 Å². The molecule has 0 aliphatic carbocycles. The number of halogens is 4. The largest absolute Gasteiger partial charge is 0.412 e. The van der Waals surface area contributed by atoms with Gasteiger partial charge in [-0.05, 0) is 6.66 Å². The van der Waals surface area contributed by atoms with E-state index in [9.17, 15) is 13.2 Å². The van der Waals surface area contributed by atoms with E-state index in [1.807, 2.05) is 0 Å². The Labute approximate surface area is 56.8 Å². The molecule has 0 spiro atoms. The minimum Gasteiger partial charge on any atom is -0.334 e. The molecule has 0 bridgehead atoms. The van der Waals surface area contributed by atoms with Crippen molar-refractivity contribution in [2.75, 3.05) is 13.3 Å². The first-order valence-electron chi connectivity index (χ1n) is 2.01. The van der Waals surface area contributed by atoms with Gasteiger partial charge >= 0.3 is 6.18 Å².